The van der Waals surface area contributed by atoms with E-state index < -0.39 is 5.97 Å². The van der Waals surface area contributed by atoms with Crippen LogP contribution in [-0.2, 0) is 7.05 Å². The van der Waals surface area contributed by atoms with Gasteiger partial charge in [0.1, 0.15) is 11.4 Å². The number of likely N-dealkylation sites (N-methyl/N-ethyl adjacent to an activating group) is 1. The number of aromatic carboxylic acids is 1. The molecule has 0 aromatic carbocycles. The second kappa shape index (κ2) is 4.77. The molecule has 2 aliphatic heterocycles. The molecule has 110 valence electrons. The predicted molar refractivity (Wildman–Crippen MR) is 76.3 cm³/mol. The molecule has 0 radical (unpaired) electrons. The zero-order chi connectivity index (χ0) is 14.4. The van der Waals surface area contributed by atoms with Crippen LogP contribution in [0, 0.1) is 6.92 Å². The van der Waals surface area contributed by atoms with Crippen LogP contribution in [0.5, 0.6) is 0 Å². The molecule has 2 unspecified atom stereocenters. The van der Waals surface area contributed by atoms with Crippen LogP contribution in [0.15, 0.2) is 0 Å². The Morgan fingerprint density at radius 3 is 2.65 bits per heavy atom. The summed E-state index contributed by atoms with van der Waals surface area (Å²) in [4.78, 5) is 16.2. The molecule has 2 aliphatic rings. The lowest BCUT2D eigenvalue weighted by atomic mass is 10.1. The average molecular weight is 278 g/mol. The maximum Gasteiger partial charge on any atom is 0.341 e. The third-order valence-corrected chi connectivity index (χ3v) is 4.85. The van der Waals surface area contributed by atoms with Crippen LogP contribution in [0.25, 0.3) is 0 Å². The Kier molecular flexibility index (Phi) is 3.20. The molecule has 1 N–H and O–H groups in total. The summed E-state index contributed by atoms with van der Waals surface area (Å²) in [6, 6.07) is 1.17. The van der Waals surface area contributed by atoms with Gasteiger partial charge in [-0.1, -0.05) is 0 Å². The highest BCUT2D eigenvalue weighted by Gasteiger charge is 2.36. The van der Waals surface area contributed by atoms with Crippen molar-refractivity contribution in [1.29, 1.82) is 0 Å². The van der Waals surface area contributed by atoms with E-state index in [1.807, 2.05) is 7.05 Å². The number of hydrogen-bond donors (Lipinski definition) is 1. The van der Waals surface area contributed by atoms with Crippen LogP contribution >= 0.6 is 0 Å². The van der Waals surface area contributed by atoms with Crippen LogP contribution < -0.4 is 4.90 Å². The monoisotopic (exact) mass is 278 g/mol. The summed E-state index contributed by atoms with van der Waals surface area (Å²) in [7, 11) is 4.03. The highest BCUT2D eigenvalue weighted by Crippen LogP contribution is 2.32. The van der Waals surface area contributed by atoms with Gasteiger partial charge in [-0.2, -0.15) is 5.10 Å². The fourth-order valence-corrected chi connectivity index (χ4v) is 3.76. The number of rotatable bonds is 2. The molecule has 3 rings (SSSR count). The summed E-state index contributed by atoms with van der Waals surface area (Å²) in [5.41, 5.74) is 0.950. The Balaban J connectivity index is 1.95. The van der Waals surface area contributed by atoms with E-state index in [0.29, 0.717) is 23.3 Å². The molecule has 0 saturated carbocycles. The quantitative estimate of drug-likeness (QED) is 0.878. The second-order valence-corrected chi connectivity index (χ2v) is 6.00. The van der Waals surface area contributed by atoms with E-state index in [2.05, 4.69) is 21.9 Å². The number of carbonyl (C=O) groups is 1. The SMILES string of the molecule is Cc1nn(C)c(N2CCC3CCC(C2)N3C)c1C(=O)O. The summed E-state index contributed by atoms with van der Waals surface area (Å²) in [6.45, 7) is 3.57. The van der Waals surface area contributed by atoms with Crippen molar-refractivity contribution in [2.75, 3.05) is 25.0 Å². The Labute approximate surface area is 119 Å². The van der Waals surface area contributed by atoms with Crippen molar-refractivity contribution in [2.24, 2.45) is 7.05 Å². The van der Waals surface area contributed by atoms with Gasteiger partial charge in [0.25, 0.3) is 0 Å². The van der Waals surface area contributed by atoms with Gasteiger partial charge >= 0.3 is 5.97 Å². The maximum absolute atomic E-state index is 11.5. The molecule has 1 aromatic heterocycles. The van der Waals surface area contributed by atoms with Gasteiger partial charge in [0.15, 0.2) is 0 Å². The molecule has 0 aliphatic carbocycles. The molecule has 2 fully saturated rings. The lowest BCUT2D eigenvalue weighted by molar-refractivity contribution is 0.0696. The summed E-state index contributed by atoms with van der Waals surface area (Å²) in [5.74, 6) is -0.121. The first-order valence-electron chi connectivity index (χ1n) is 7.22. The molecule has 3 heterocycles. The normalized spacial score (nSPS) is 26.9. The van der Waals surface area contributed by atoms with Crippen LogP contribution in [0.2, 0.25) is 0 Å². The maximum atomic E-state index is 11.5. The van der Waals surface area contributed by atoms with Crippen LogP contribution in [0.4, 0.5) is 5.82 Å². The molecular formula is C14H22N4O2. The van der Waals surface area contributed by atoms with Gasteiger partial charge in [-0.15, -0.1) is 0 Å². The summed E-state index contributed by atoms with van der Waals surface area (Å²) in [5, 5.41) is 13.8. The molecule has 20 heavy (non-hydrogen) atoms. The smallest absolute Gasteiger partial charge is 0.341 e. The minimum atomic E-state index is -0.881. The van der Waals surface area contributed by atoms with E-state index in [4.69, 9.17) is 0 Å². The van der Waals surface area contributed by atoms with Crippen molar-refractivity contribution in [2.45, 2.75) is 38.3 Å². The van der Waals surface area contributed by atoms with Crippen molar-refractivity contribution >= 4 is 11.8 Å². The topological polar surface area (TPSA) is 61.6 Å². The first kappa shape index (κ1) is 13.4. The highest BCUT2D eigenvalue weighted by molar-refractivity contribution is 5.94. The van der Waals surface area contributed by atoms with E-state index >= 15 is 0 Å². The fraction of sp³-hybridized carbons (Fsp3) is 0.714. The fourth-order valence-electron chi connectivity index (χ4n) is 3.76. The van der Waals surface area contributed by atoms with Crippen molar-refractivity contribution in [3.05, 3.63) is 11.3 Å². The van der Waals surface area contributed by atoms with Crippen LogP contribution in [0.3, 0.4) is 0 Å². The van der Waals surface area contributed by atoms with E-state index in [0.717, 1.165) is 25.3 Å². The summed E-state index contributed by atoms with van der Waals surface area (Å²) < 4.78 is 1.72. The third kappa shape index (κ3) is 1.98. The minimum absolute atomic E-state index is 0.355. The molecule has 2 bridgehead atoms. The van der Waals surface area contributed by atoms with Crippen molar-refractivity contribution in [3.63, 3.8) is 0 Å². The van der Waals surface area contributed by atoms with Gasteiger partial charge in [0.2, 0.25) is 0 Å². The zero-order valence-corrected chi connectivity index (χ0v) is 12.3. The number of aromatic nitrogens is 2. The van der Waals surface area contributed by atoms with Gasteiger partial charge in [0, 0.05) is 32.2 Å². The lowest BCUT2D eigenvalue weighted by Gasteiger charge is -2.27. The Hall–Kier alpha value is -1.56. The van der Waals surface area contributed by atoms with E-state index in [-0.39, 0.29) is 0 Å². The predicted octanol–water partition coefficient (Wildman–Crippen LogP) is 1.10. The van der Waals surface area contributed by atoms with E-state index in [1.54, 1.807) is 11.6 Å². The lowest BCUT2D eigenvalue weighted by Crippen LogP contribution is -2.37. The van der Waals surface area contributed by atoms with Crippen LogP contribution in [0.1, 0.15) is 35.3 Å². The molecule has 2 atom stereocenters. The molecular weight excluding hydrogens is 256 g/mol. The van der Waals surface area contributed by atoms with Gasteiger partial charge in [-0.25, -0.2) is 4.79 Å². The van der Waals surface area contributed by atoms with Crippen molar-refractivity contribution in [1.82, 2.24) is 14.7 Å². The van der Waals surface area contributed by atoms with Crippen LogP contribution in [-0.4, -0.2) is 58.0 Å². The van der Waals surface area contributed by atoms with Crippen molar-refractivity contribution < 1.29 is 9.90 Å². The third-order valence-electron chi connectivity index (χ3n) is 4.85. The molecule has 0 spiro atoms. The number of nitrogens with zero attached hydrogens (tertiary/aromatic N) is 4. The highest BCUT2D eigenvalue weighted by atomic mass is 16.4. The number of anilines is 1. The standard InChI is InChI=1S/C14H22N4O2/c1-9-12(14(19)20)13(17(3)15-9)18-7-6-10-4-5-11(8-18)16(10)2/h10-11H,4-8H2,1-3H3,(H,19,20). The average Bonchev–Trinajstić information content (AvgIpc) is 2.77. The van der Waals surface area contributed by atoms with E-state index in [1.165, 1.54) is 12.8 Å². The number of carboxylic acids is 1. The first-order valence-corrected chi connectivity index (χ1v) is 7.22. The van der Waals surface area contributed by atoms with Gasteiger partial charge in [-0.3, -0.25) is 9.58 Å². The molecule has 6 heteroatoms. The minimum Gasteiger partial charge on any atom is -0.477 e. The molecule has 6 nitrogen and oxygen atoms in total. The van der Waals surface area contributed by atoms with Gasteiger partial charge in [0.05, 0.1) is 5.69 Å². The Bertz CT molecular complexity index is 540. The number of carboxylic acid groups (broad SMARTS) is 1. The second-order valence-electron chi connectivity index (χ2n) is 6.00. The Morgan fingerprint density at radius 2 is 1.95 bits per heavy atom. The van der Waals surface area contributed by atoms with Crippen molar-refractivity contribution in [3.8, 4) is 0 Å². The molecule has 0 amide bonds. The number of hydrogen-bond acceptors (Lipinski definition) is 4. The number of aryl methyl sites for hydroxylation is 2. The van der Waals surface area contributed by atoms with E-state index in [9.17, 15) is 9.90 Å². The summed E-state index contributed by atoms with van der Waals surface area (Å²) >= 11 is 0. The van der Waals surface area contributed by atoms with Gasteiger partial charge in [-0.05, 0) is 33.2 Å². The largest absolute Gasteiger partial charge is 0.477 e. The summed E-state index contributed by atoms with van der Waals surface area (Å²) in [6.07, 6.45) is 3.57. The number of fused-ring (bicyclic) bond motifs is 2. The zero-order valence-electron chi connectivity index (χ0n) is 12.3. The molecule has 1 aromatic rings. The Morgan fingerprint density at radius 1 is 1.25 bits per heavy atom. The van der Waals surface area contributed by atoms with Gasteiger partial charge < -0.3 is 10.0 Å². The molecule has 2 saturated heterocycles. The first-order chi connectivity index (χ1) is 9.49.